The van der Waals surface area contributed by atoms with Gasteiger partial charge in [0.2, 0.25) is 0 Å². The first kappa shape index (κ1) is 16.1. The van der Waals surface area contributed by atoms with Crippen molar-refractivity contribution in [2.24, 2.45) is 0 Å². The highest BCUT2D eigenvalue weighted by Gasteiger charge is 2.06. The van der Waals surface area contributed by atoms with Gasteiger partial charge in [0.15, 0.2) is 0 Å². The molecular weight excluding hydrogens is 260 g/mol. The van der Waals surface area contributed by atoms with Crippen molar-refractivity contribution in [2.75, 3.05) is 39.2 Å². The number of nitrogens with zero attached hydrogens (tertiary/aromatic N) is 1. The number of sulfone groups is 1. The smallest absolute Gasteiger partial charge is 0.148 e. The van der Waals surface area contributed by atoms with Crippen LogP contribution in [0.1, 0.15) is 11.1 Å². The molecule has 1 rings (SSSR count). The number of hydrogen-bond acceptors (Lipinski definition) is 4. The van der Waals surface area contributed by atoms with Gasteiger partial charge in [-0.15, -0.1) is 0 Å². The summed E-state index contributed by atoms with van der Waals surface area (Å²) in [5, 5.41) is 3.13. The second-order valence-electron chi connectivity index (χ2n) is 5.04. The predicted octanol–water partition coefficient (Wildman–Crippen LogP) is 0.925. The Bertz CT molecular complexity index is 469. The molecule has 1 N–H and O–H groups in total. The van der Waals surface area contributed by atoms with Gasteiger partial charge in [-0.2, -0.15) is 0 Å². The summed E-state index contributed by atoms with van der Waals surface area (Å²) < 4.78 is 22.2. The van der Waals surface area contributed by atoms with Gasteiger partial charge in [0.25, 0.3) is 0 Å². The molecule has 0 saturated carbocycles. The van der Waals surface area contributed by atoms with Gasteiger partial charge >= 0.3 is 0 Å². The Morgan fingerprint density at radius 2 is 1.74 bits per heavy atom. The summed E-state index contributed by atoms with van der Waals surface area (Å²) in [5.41, 5.74) is 2.53. The second-order valence-corrected chi connectivity index (χ2v) is 7.30. The van der Waals surface area contributed by atoms with Gasteiger partial charge in [0.05, 0.1) is 5.75 Å². The van der Waals surface area contributed by atoms with Crippen LogP contribution in [-0.2, 0) is 22.8 Å². The zero-order valence-corrected chi connectivity index (χ0v) is 12.8. The average molecular weight is 284 g/mol. The van der Waals surface area contributed by atoms with E-state index in [9.17, 15) is 8.42 Å². The Morgan fingerprint density at radius 1 is 1.16 bits per heavy atom. The fourth-order valence-corrected chi connectivity index (χ4v) is 2.44. The third-order valence-corrected chi connectivity index (χ3v) is 3.91. The molecule has 0 bridgehead atoms. The van der Waals surface area contributed by atoms with Gasteiger partial charge in [-0.05, 0) is 38.2 Å². The summed E-state index contributed by atoms with van der Waals surface area (Å²) in [6.07, 6.45) is 2.30. The zero-order valence-electron chi connectivity index (χ0n) is 12.0. The molecular formula is C14H24N2O2S. The van der Waals surface area contributed by atoms with Crippen molar-refractivity contribution in [1.29, 1.82) is 0 Å². The molecule has 0 radical (unpaired) electrons. The molecule has 108 valence electrons. The monoisotopic (exact) mass is 284 g/mol. The average Bonchev–Trinajstić information content (AvgIpc) is 2.35. The quantitative estimate of drug-likeness (QED) is 0.771. The molecule has 0 aliphatic heterocycles. The third kappa shape index (κ3) is 7.30. The van der Waals surface area contributed by atoms with Gasteiger partial charge < -0.3 is 10.2 Å². The number of likely N-dealkylation sites (N-methyl/N-ethyl adjacent to an activating group) is 1. The SMILES string of the molecule is CNCCc1ccc(CN(C)CCS(C)(=O)=O)cc1. The Kier molecular flexibility index (Phi) is 6.48. The van der Waals surface area contributed by atoms with Gasteiger partial charge in [0.1, 0.15) is 9.84 Å². The van der Waals surface area contributed by atoms with Crippen LogP contribution < -0.4 is 5.32 Å². The van der Waals surface area contributed by atoms with Crippen LogP contribution in [0.2, 0.25) is 0 Å². The Labute approximate surface area is 116 Å². The molecule has 0 aliphatic carbocycles. The molecule has 0 unspecified atom stereocenters. The maximum absolute atomic E-state index is 11.1. The molecule has 1 aromatic rings. The van der Waals surface area contributed by atoms with Crippen LogP contribution in [0.4, 0.5) is 0 Å². The van der Waals surface area contributed by atoms with E-state index in [0.29, 0.717) is 6.54 Å². The fourth-order valence-electron chi connectivity index (χ4n) is 1.79. The lowest BCUT2D eigenvalue weighted by Gasteiger charge is -2.16. The molecule has 0 atom stereocenters. The number of hydrogen-bond donors (Lipinski definition) is 1. The normalized spacial score (nSPS) is 12.0. The summed E-state index contributed by atoms with van der Waals surface area (Å²) in [7, 11) is 1.02. The lowest BCUT2D eigenvalue weighted by Crippen LogP contribution is -2.24. The summed E-state index contributed by atoms with van der Waals surface area (Å²) in [5.74, 6) is 0.212. The highest BCUT2D eigenvalue weighted by molar-refractivity contribution is 7.90. The predicted molar refractivity (Wildman–Crippen MR) is 80.1 cm³/mol. The minimum atomic E-state index is -2.88. The van der Waals surface area contributed by atoms with Gasteiger partial charge in [-0.3, -0.25) is 0 Å². The van der Waals surface area contributed by atoms with Crippen molar-refractivity contribution in [3.05, 3.63) is 35.4 Å². The van der Waals surface area contributed by atoms with Crippen molar-refractivity contribution in [3.8, 4) is 0 Å². The van der Waals surface area contributed by atoms with Crippen molar-refractivity contribution >= 4 is 9.84 Å². The molecule has 0 saturated heterocycles. The maximum Gasteiger partial charge on any atom is 0.148 e. The Morgan fingerprint density at radius 3 is 2.26 bits per heavy atom. The van der Waals surface area contributed by atoms with Crippen LogP contribution in [0.25, 0.3) is 0 Å². The summed E-state index contributed by atoms with van der Waals surface area (Å²) in [6, 6.07) is 8.50. The van der Waals surface area contributed by atoms with Crippen molar-refractivity contribution in [2.45, 2.75) is 13.0 Å². The number of benzene rings is 1. The minimum Gasteiger partial charge on any atom is -0.319 e. The summed E-state index contributed by atoms with van der Waals surface area (Å²) >= 11 is 0. The second kappa shape index (κ2) is 7.62. The van der Waals surface area contributed by atoms with Crippen molar-refractivity contribution in [1.82, 2.24) is 10.2 Å². The molecule has 0 spiro atoms. The van der Waals surface area contributed by atoms with E-state index in [-0.39, 0.29) is 5.75 Å². The molecule has 0 amide bonds. The lowest BCUT2D eigenvalue weighted by atomic mass is 10.1. The molecule has 0 fully saturated rings. The standard InChI is InChI=1S/C14H24N2O2S/c1-15-9-8-13-4-6-14(7-5-13)12-16(2)10-11-19(3,17)18/h4-7,15H,8-12H2,1-3H3. The van der Waals surface area contributed by atoms with E-state index in [1.807, 2.05) is 19.0 Å². The van der Waals surface area contributed by atoms with E-state index in [1.54, 1.807) is 0 Å². The van der Waals surface area contributed by atoms with Crippen LogP contribution in [-0.4, -0.2) is 52.5 Å². The maximum atomic E-state index is 11.1. The molecule has 5 heteroatoms. The Balaban J connectivity index is 2.44. The summed E-state index contributed by atoms with van der Waals surface area (Å²) in [6.45, 7) is 2.33. The van der Waals surface area contributed by atoms with Gasteiger partial charge in [-0.1, -0.05) is 24.3 Å². The first-order valence-electron chi connectivity index (χ1n) is 6.49. The highest BCUT2D eigenvalue weighted by Crippen LogP contribution is 2.07. The summed E-state index contributed by atoms with van der Waals surface area (Å²) in [4.78, 5) is 2.03. The molecule has 19 heavy (non-hydrogen) atoms. The topological polar surface area (TPSA) is 49.4 Å². The van der Waals surface area contributed by atoms with E-state index < -0.39 is 9.84 Å². The lowest BCUT2D eigenvalue weighted by molar-refractivity contribution is 0.346. The van der Waals surface area contributed by atoms with Gasteiger partial charge in [0, 0.05) is 19.3 Å². The van der Waals surface area contributed by atoms with Crippen LogP contribution in [0.5, 0.6) is 0 Å². The van der Waals surface area contributed by atoms with E-state index in [0.717, 1.165) is 19.5 Å². The first-order valence-corrected chi connectivity index (χ1v) is 8.55. The van der Waals surface area contributed by atoms with E-state index in [1.165, 1.54) is 17.4 Å². The fraction of sp³-hybridized carbons (Fsp3) is 0.571. The van der Waals surface area contributed by atoms with Crippen LogP contribution in [0.15, 0.2) is 24.3 Å². The molecule has 4 nitrogen and oxygen atoms in total. The Hall–Kier alpha value is -0.910. The number of rotatable bonds is 8. The van der Waals surface area contributed by atoms with E-state index in [2.05, 4.69) is 29.6 Å². The molecule has 0 heterocycles. The molecule has 1 aromatic carbocycles. The molecule has 0 aromatic heterocycles. The first-order chi connectivity index (χ1) is 8.90. The van der Waals surface area contributed by atoms with Crippen LogP contribution in [0, 0.1) is 0 Å². The highest BCUT2D eigenvalue weighted by atomic mass is 32.2. The zero-order chi connectivity index (χ0) is 14.3. The van der Waals surface area contributed by atoms with Crippen molar-refractivity contribution < 1.29 is 8.42 Å². The number of nitrogens with one attached hydrogen (secondary N) is 1. The van der Waals surface area contributed by atoms with Crippen molar-refractivity contribution in [3.63, 3.8) is 0 Å². The van der Waals surface area contributed by atoms with E-state index >= 15 is 0 Å². The van der Waals surface area contributed by atoms with Crippen LogP contribution in [0.3, 0.4) is 0 Å². The third-order valence-electron chi connectivity index (χ3n) is 2.98. The largest absolute Gasteiger partial charge is 0.319 e. The van der Waals surface area contributed by atoms with E-state index in [4.69, 9.17) is 0 Å². The van der Waals surface area contributed by atoms with Crippen LogP contribution >= 0.6 is 0 Å². The minimum absolute atomic E-state index is 0.212. The van der Waals surface area contributed by atoms with Gasteiger partial charge in [-0.25, -0.2) is 8.42 Å². The molecule has 0 aliphatic rings.